The predicted octanol–water partition coefficient (Wildman–Crippen LogP) is 0.850. The van der Waals surface area contributed by atoms with E-state index in [2.05, 4.69) is 0 Å². The maximum Gasteiger partial charge on any atom is 0.321 e. The van der Waals surface area contributed by atoms with Crippen LogP contribution in [0.25, 0.3) is 0 Å². The highest BCUT2D eigenvalue weighted by Crippen LogP contribution is 2.07. The van der Waals surface area contributed by atoms with Crippen LogP contribution < -0.4 is 0 Å². The fourth-order valence-corrected chi connectivity index (χ4v) is 1.47. The minimum atomic E-state index is 0.157. The number of amides is 2. The molecule has 0 unspecified atom stereocenters. The second kappa shape index (κ2) is 3.01. The molecule has 64 valence electrons. The molecule has 0 aliphatic carbocycles. The summed E-state index contributed by atoms with van der Waals surface area (Å²) in [6.45, 7) is 3.09. The molecule has 0 bridgehead atoms. The van der Waals surface area contributed by atoms with Gasteiger partial charge < -0.3 is 9.80 Å². The van der Waals surface area contributed by atoms with Crippen molar-refractivity contribution in [3.05, 3.63) is 24.3 Å². The molecule has 0 fully saturated rings. The standard InChI is InChI=1S/C9H12N2O/c12-9(10-5-1-2-6-10)11-7-3-4-8-11/h1-4H,5-8H2. The van der Waals surface area contributed by atoms with Crippen LogP contribution in [0.5, 0.6) is 0 Å². The van der Waals surface area contributed by atoms with E-state index in [4.69, 9.17) is 0 Å². The van der Waals surface area contributed by atoms with E-state index in [9.17, 15) is 4.79 Å². The lowest BCUT2D eigenvalue weighted by Gasteiger charge is -2.23. The van der Waals surface area contributed by atoms with Crippen molar-refractivity contribution in [1.29, 1.82) is 0 Å². The van der Waals surface area contributed by atoms with E-state index in [1.165, 1.54) is 0 Å². The van der Waals surface area contributed by atoms with E-state index in [0.717, 1.165) is 26.2 Å². The molecule has 0 atom stereocenters. The number of rotatable bonds is 0. The zero-order valence-electron chi connectivity index (χ0n) is 6.94. The second-order valence-corrected chi connectivity index (χ2v) is 3.04. The van der Waals surface area contributed by atoms with Crippen molar-refractivity contribution in [2.75, 3.05) is 26.2 Å². The Morgan fingerprint density at radius 1 is 0.833 bits per heavy atom. The number of carbonyl (C=O) groups is 1. The summed E-state index contributed by atoms with van der Waals surface area (Å²) < 4.78 is 0. The topological polar surface area (TPSA) is 23.6 Å². The lowest BCUT2D eigenvalue weighted by molar-refractivity contribution is 0.177. The average molecular weight is 164 g/mol. The SMILES string of the molecule is O=C(N1CC=CC1)N1CC=CC1. The van der Waals surface area contributed by atoms with Crippen LogP contribution in [0.15, 0.2) is 24.3 Å². The van der Waals surface area contributed by atoms with Gasteiger partial charge in [0.15, 0.2) is 0 Å². The molecular weight excluding hydrogens is 152 g/mol. The van der Waals surface area contributed by atoms with Gasteiger partial charge in [-0.25, -0.2) is 4.79 Å². The molecule has 0 aromatic carbocycles. The number of hydrogen-bond donors (Lipinski definition) is 0. The summed E-state index contributed by atoms with van der Waals surface area (Å²) in [6.07, 6.45) is 8.12. The summed E-state index contributed by atoms with van der Waals surface area (Å²) in [7, 11) is 0. The van der Waals surface area contributed by atoms with E-state index in [0.29, 0.717) is 0 Å². The maximum atomic E-state index is 11.6. The first kappa shape index (κ1) is 7.40. The maximum absolute atomic E-state index is 11.6. The minimum Gasteiger partial charge on any atom is -0.317 e. The van der Waals surface area contributed by atoms with Gasteiger partial charge in [-0.2, -0.15) is 0 Å². The molecule has 2 aliphatic heterocycles. The molecule has 0 N–H and O–H groups in total. The third kappa shape index (κ3) is 1.22. The Balaban J connectivity index is 1.91. The quantitative estimate of drug-likeness (QED) is 0.487. The summed E-state index contributed by atoms with van der Waals surface area (Å²) in [5.41, 5.74) is 0. The highest BCUT2D eigenvalue weighted by atomic mass is 16.2. The molecule has 0 saturated heterocycles. The van der Waals surface area contributed by atoms with Crippen LogP contribution in [0.4, 0.5) is 4.79 Å². The van der Waals surface area contributed by atoms with Gasteiger partial charge in [0.05, 0.1) is 0 Å². The Morgan fingerprint density at radius 3 is 1.50 bits per heavy atom. The Labute approximate surface area is 71.9 Å². The molecule has 0 saturated carbocycles. The highest BCUT2D eigenvalue weighted by molar-refractivity contribution is 5.76. The van der Waals surface area contributed by atoms with Crippen LogP contribution in [-0.4, -0.2) is 42.0 Å². The number of carbonyl (C=O) groups excluding carboxylic acids is 1. The van der Waals surface area contributed by atoms with Gasteiger partial charge in [0.2, 0.25) is 0 Å². The Bertz CT molecular complexity index is 205. The zero-order valence-corrected chi connectivity index (χ0v) is 6.94. The van der Waals surface area contributed by atoms with Crippen molar-refractivity contribution < 1.29 is 4.79 Å². The van der Waals surface area contributed by atoms with Crippen molar-refractivity contribution in [3.8, 4) is 0 Å². The molecule has 0 aromatic heterocycles. The van der Waals surface area contributed by atoms with E-state index < -0.39 is 0 Å². The molecule has 2 heterocycles. The normalized spacial score (nSPS) is 21.0. The van der Waals surface area contributed by atoms with Crippen LogP contribution in [-0.2, 0) is 0 Å². The lowest BCUT2D eigenvalue weighted by Crippen LogP contribution is -2.40. The predicted molar refractivity (Wildman–Crippen MR) is 46.8 cm³/mol. The third-order valence-electron chi connectivity index (χ3n) is 2.18. The molecule has 2 rings (SSSR count). The minimum absolute atomic E-state index is 0.157. The Morgan fingerprint density at radius 2 is 1.17 bits per heavy atom. The summed E-state index contributed by atoms with van der Waals surface area (Å²) in [6, 6.07) is 0.157. The molecule has 12 heavy (non-hydrogen) atoms. The zero-order chi connectivity index (χ0) is 8.39. The number of urea groups is 1. The summed E-state index contributed by atoms with van der Waals surface area (Å²) >= 11 is 0. The fraction of sp³-hybridized carbons (Fsp3) is 0.444. The second-order valence-electron chi connectivity index (χ2n) is 3.04. The van der Waals surface area contributed by atoms with Crippen molar-refractivity contribution >= 4 is 6.03 Å². The third-order valence-corrected chi connectivity index (χ3v) is 2.18. The molecule has 0 aromatic rings. The van der Waals surface area contributed by atoms with Gasteiger partial charge in [-0.1, -0.05) is 24.3 Å². The van der Waals surface area contributed by atoms with Crippen molar-refractivity contribution in [2.45, 2.75) is 0 Å². The van der Waals surface area contributed by atoms with Gasteiger partial charge in [0.1, 0.15) is 0 Å². The van der Waals surface area contributed by atoms with Crippen LogP contribution in [0.3, 0.4) is 0 Å². The smallest absolute Gasteiger partial charge is 0.317 e. The monoisotopic (exact) mass is 164 g/mol. The van der Waals surface area contributed by atoms with Crippen LogP contribution in [0.1, 0.15) is 0 Å². The summed E-state index contributed by atoms with van der Waals surface area (Å²) in [4.78, 5) is 15.3. The van der Waals surface area contributed by atoms with Gasteiger partial charge in [-0.05, 0) is 0 Å². The van der Waals surface area contributed by atoms with Crippen molar-refractivity contribution in [1.82, 2.24) is 9.80 Å². The summed E-state index contributed by atoms with van der Waals surface area (Å²) in [5, 5.41) is 0. The molecule has 2 aliphatic rings. The van der Waals surface area contributed by atoms with E-state index in [-0.39, 0.29) is 6.03 Å². The largest absolute Gasteiger partial charge is 0.321 e. The molecular formula is C9H12N2O. The van der Waals surface area contributed by atoms with Gasteiger partial charge in [0, 0.05) is 26.2 Å². The van der Waals surface area contributed by atoms with E-state index in [1.807, 2.05) is 34.1 Å². The molecule has 0 spiro atoms. The summed E-state index contributed by atoms with van der Waals surface area (Å²) in [5.74, 6) is 0. The fourth-order valence-electron chi connectivity index (χ4n) is 1.47. The van der Waals surface area contributed by atoms with Gasteiger partial charge in [-0.3, -0.25) is 0 Å². The Kier molecular flexibility index (Phi) is 1.86. The molecule has 3 heteroatoms. The van der Waals surface area contributed by atoms with E-state index >= 15 is 0 Å². The van der Waals surface area contributed by atoms with Gasteiger partial charge >= 0.3 is 6.03 Å². The van der Waals surface area contributed by atoms with Crippen LogP contribution in [0.2, 0.25) is 0 Å². The van der Waals surface area contributed by atoms with Crippen molar-refractivity contribution in [2.24, 2.45) is 0 Å². The number of nitrogens with zero attached hydrogens (tertiary/aromatic N) is 2. The van der Waals surface area contributed by atoms with Crippen LogP contribution >= 0.6 is 0 Å². The van der Waals surface area contributed by atoms with Gasteiger partial charge in [-0.15, -0.1) is 0 Å². The van der Waals surface area contributed by atoms with Gasteiger partial charge in [0.25, 0.3) is 0 Å². The first-order chi connectivity index (χ1) is 5.88. The average Bonchev–Trinajstić information content (AvgIpc) is 2.77. The lowest BCUT2D eigenvalue weighted by atomic mass is 10.6. The number of hydrogen-bond acceptors (Lipinski definition) is 1. The molecule has 3 nitrogen and oxygen atoms in total. The first-order valence-corrected chi connectivity index (χ1v) is 4.22. The first-order valence-electron chi connectivity index (χ1n) is 4.22. The Hall–Kier alpha value is -1.25. The van der Waals surface area contributed by atoms with Crippen molar-refractivity contribution in [3.63, 3.8) is 0 Å². The van der Waals surface area contributed by atoms with E-state index in [1.54, 1.807) is 0 Å². The molecule has 2 amide bonds. The highest BCUT2D eigenvalue weighted by Gasteiger charge is 2.21. The van der Waals surface area contributed by atoms with Crippen LogP contribution in [0, 0.1) is 0 Å². The molecule has 0 radical (unpaired) electrons.